The van der Waals surface area contributed by atoms with Crippen molar-refractivity contribution in [1.82, 2.24) is 15.5 Å². The third kappa shape index (κ3) is 3.42. The number of hydrogen-bond donors (Lipinski definition) is 1. The van der Waals surface area contributed by atoms with Crippen LogP contribution < -0.4 is 5.32 Å². The zero-order valence-corrected chi connectivity index (χ0v) is 12.0. The lowest BCUT2D eigenvalue weighted by molar-refractivity contribution is 0.491. The van der Waals surface area contributed by atoms with Crippen LogP contribution in [0.4, 0.5) is 0 Å². The number of nitrogens with zero attached hydrogens (tertiary/aromatic N) is 2. The van der Waals surface area contributed by atoms with E-state index in [0.29, 0.717) is 5.89 Å². The minimum absolute atomic E-state index is 0.662. The van der Waals surface area contributed by atoms with E-state index in [2.05, 4.69) is 34.6 Å². The van der Waals surface area contributed by atoms with Crippen LogP contribution in [0.15, 0.2) is 16.5 Å². The van der Waals surface area contributed by atoms with E-state index in [4.69, 9.17) is 4.42 Å². The van der Waals surface area contributed by atoms with Gasteiger partial charge >= 0.3 is 0 Å². The van der Waals surface area contributed by atoms with Gasteiger partial charge in [-0.2, -0.15) is 0 Å². The van der Waals surface area contributed by atoms with E-state index < -0.39 is 0 Å². The fourth-order valence-electron chi connectivity index (χ4n) is 1.97. The molecule has 1 aliphatic carbocycles. The summed E-state index contributed by atoms with van der Waals surface area (Å²) < 4.78 is 5.71. The maximum Gasteiger partial charge on any atom is 0.257 e. The Labute approximate surface area is 117 Å². The fourth-order valence-corrected chi connectivity index (χ4v) is 2.84. The van der Waals surface area contributed by atoms with Gasteiger partial charge in [0.15, 0.2) is 0 Å². The quantitative estimate of drug-likeness (QED) is 0.790. The summed E-state index contributed by atoms with van der Waals surface area (Å²) in [6.07, 6.45) is 5.64. The van der Waals surface area contributed by atoms with Gasteiger partial charge in [0, 0.05) is 17.3 Å². The van der Waals surface area contributed by atoms with Gasteiger partial charge in [0.1, 0.15) is 0 Å². The van der Waals surface area contributed by atoms with Crippen LogP contribution >= 0.6 is 11.3 Å². The second-order valence-electron chi connectivity index (χ2n) is 4.95. The SMILES string of the molecule is CCc1ccc(-c2nnc(CCCNC3CC3)o2)s1. The van der Waals surface area contributed by atoms with Crippen molar-refractivity contribution in [3.8, 4) is 10.8 Å². The molecular formula is C14H19N3OS. The van der Waals surface area contributed by atoms with Crippen molar-refractivity contribution in [1.29, 1.82) is 0 Å². The van der Waals surface area contributed by atoms with Gasteiger partial charge in [0.25, 0.3) is 5.89 Å². The summed E-state index contributed by atoms with van der Waals surface area (Å²) in [4.78, 5) is 2.43. The molecule has 0 amide bonds. The average Bonchev–Trinajstić information content (AvgIpc) is 2.94. The van der Waals surface area contributed by atoms with Crippen LogP contribution in [0.25, 0.3) is 10.8 Å². The third-order valence-corrected chi connectivity index (χ3v) is 4.48. The lowest BCUT2D eigenvalue weighted by atomic mass is 10.3. The van der Waals surface area contributed by atoms with E-state index in [0.717, 1.165) is 42.6 Å². The van der Waals surface area contributed by atoms with Gasteiger partial charge in [-0.25, -0.2) is 0 Å². The van der Waals surface area contributed by atoms with E-state index in [9.17, 15) is 0 Å². The highest BCUT2D eigenvalue weighted by Crippen LogP contribution is 2.27. The molecule has 3 rings (SSSR count). The molecule has 2 heterocycles. The van der Waals surface area contributed by atoms with Crippen molar-refractivity contribution in [2.75, 3.05) is 6.54 Å². The molecule has 19 heavy (non-hydrogen) atoms. The summed E-state index contributed by atoms with van der Waals surface area (Å²) in [6, 6.07) is 4.97. The number of rotatable bonds is 7. The standard InChI is InChI=1S/C14H19N3OS/c1-2-11-7-8-12(19-11)14-17-16-13(18-14)4-3-9-15-10-5-6-10/h7-8,10,15H,2-6,9H2,1H3. The third-order valence-electron chi connectivity index (χ3n) is 3.27. The first-order valence-electron chi connectivity index (χ1n) is 7.00. The minimum Gasteiger partial charge on any atom is -0.420 e. The smallest absolute Gasteiger partial charge is 0.257 e. The lowest BCUT2D eigenvalue weighted by Gasteiger charge is -1.99. The largest absolute Gasteiger partial charge is 0.420 e. The molecule has 0 radical (unpaired) electrons. The van der Waals surface area contributed by atoms with Crippen molar-refractivity contribution in [2.45, 2.75) is 45.1 Å². The average molecular weight is 277 g/mol. The van der Waals surface area contributed by atoms with Crippen LogP contribution in [0.3, 0.4) is 0 Å². The van der Waals surface area contributed by atoms with E-state index in [1.807, 2.05) is 0 Å². The van der Waals surface area contributed by atoms with Crippen molar-refractivity contribution >= 4 is 11.3 Å². The summed E-state index contributed by atoms with van der Waals surface area (Å²) in [5.41, 5.74) is 0. The molecule has 1 fully saturated rings. The Balaban J connectivity index is 1.52. The second-order valence-corrected chi connectivity index (χ2v) is 6.12. The number of aromatic nitrogens is 2. The van der Waals surface area contributed by atoms with Gasteiger partial charge in [-0.15, -0.1) is 21.5 Å². The van der Waals surface area contributed by atoms with Gasteiger partial charge in [-0.3, -0.25) is 0 Å². The Morgan fingerprint density at radius 3 is 3.00 bits per heavy atom. The Morgan fingerprint density at radius 2 is 2.26 bits per heavy atom. The molecule has 2 aromatic heterocycles. The monoisotopic (exact) mass is 277 g/mol. The maximum atomic E-state index is 5.71. The van der Waals surface area contributed by atoms with E-state index >= 15 is 0 Å². The first-order chi connectivity index (χ1) is 9.35. The van der Waals surface area contributed by atoms with Crippen LogP contribution in [0.5, 0.6) is 0 Å². The van der Waals surface area contributed by atoms with Gasteiger partial charge in [-0.05, 0) is 44.4 Å². The highest BCUT2D eigenvalue weighted by Gasteiger charge is 2.19. The first kappa shape index (κ1) is 12.8. The first-order valence-corrected chi connectivity index (χ1v) is 7.81. The second kappa shape index (κ2) is 5.84. The number of aryl methyl sites for hydroxylation is 2. The summed E-state index contributed by atoms with van der Waals surface area (Å²) in [7, 11) is 0. The van der Waals surface area contributed by atoms with Gasteiger partial charge in [0.05, 0.1) is 4.88 Å². The molecule has 0 spiro atoms. The Hall–Kier alpha value is -1.20. The Bertz CT molecular complexity index is 530. The highest BCUT2D eigenvalue weighted by molar-refractivity contribution is 7.15. The molecule has 0 saturated heterocycles. The van der Waals surface area contributed by atoms with Crippen molar-refractivity contribution < 1.29 is 4.42 Å². The number of nitrogens with one attached hydrogen (secondary N) is 1. The predicted octanol–water partition coefficient (Wildman–Crippen LogP) is 3.05. The molecule has 0 bridgehead atoms. The predicted molar refractivity (Wildman–Crippen MR) is 76.3 cm³/mol. The molecule has 0 atom stereocenters. The van der Waals surface area contributed by atoms with Crippen LogP contribution in [0, 0.1) is 0 Å². The summed E-state index contributed by atoms with van der Waals surface area (Å²) >= 11 is 1.73. The molecule has 0 aromatic carbocycles. The fraction of sp³-hybridized carbons (Fsp3) is 0.571. The zero-order valence-electron chi connectivity index (χ0n) is 11.2. The molecule has 102 valence electrons. The number of thiophene rings is 1. The van der Waals surface area contributed by atoms with E-state index in [1.54, 1.807) is 11.3 Å². The summed E-state index contributed by atoms with van der Waals surface area (Å²) in [6.45, 7) is 3.20. The summed E-state index contributed by atoms with van der Waals surface area (Å²) in [5.74, 6) is 1.41. The van der Waals surface area contributed by atoms with Crippen molar-refractivity contribution in [3.63, 3.8) is 0 Å². The molecular weight excluding hydrogens is 258 g/mol. The lowest BCUT2D eigenvalue weighted by Crippen LogP contribution is -2.17. The molecule has 1 saturated carbocycles. The van der Waals surface area contributed by atoms with Gasteiger partial charge < -0.3 is 9.73 Å². The Morgan fingerprint density at radius 1 is 1.37 bits per heavy atom. The van der Waals surface area contributed by atoms with Crippen LogP contribution in [-0.4, -0.2) is 22.8 Å². The topological polar surface area (TPSA) is 51.0 Å². The molecule has 2 aromatic rings. The number of hydrogen-bond acceptors (Lipinski definition) is 5. The molecule has 0 unspecified atom stereocenters. The van der Waals surface area contributed by atoms with Crippen LogP contribution in [0.2, 0.25) is 0 Å². The zero-order chi connectivity index (χ0) is 13.1. The van der Waals surface area contributed by atoms with E-state index in [1.165, 1.54) is 17.7 Å². The molecule has 5 heteroatoms. The van der Waals surface area contributed by atoms with Gasteiger partial charge in [-0.1, -0.05) is 6.92 Å². The molecule has 1 N–H and O–H groups in total. The summed E-state index contributed by atoms with van der Waals surface area (Å²) in [5, 5.41) is 11.7. The van der Waals surface area contributed by atoms with Crippen LogP contribution in [0.1, 0.15) is 37.0 Å². The Kier molecular flexibility index (Phi) is 3.94. The molecule has 4 nitrogen and oxygen atoms in total. The van der Waals surface area contributed by atoms with Crippen LogP contribution in [-0.2, 0) is 12.8 Å². The minimum atomic E-state index is 0.662. The van der Waals surface area contributed by atoms with Crippen molar-refractivity contribution in [2.24, 2.45) is 0 Å². The highest BCUT2D eigenvalue weighted by atomic mass is 32.1. The van der Waals surface area contributed by atoms with Gasteiger partial charge in [0.2, 0.25) is 5.89 Å². The molecule has 0 aliphatic heterocycles. The van der Waals surface area contributed by atoms with Crippen molar-refractivity contribution in [3.05, 3.63) is 22.9 Å². The van der Waals surface area contributed by atoms with E-state index in [-0.39, 0.29) is 0 Å². The molecule has 1 aliphatic rings. The normalized spacial score (nSPS) is 15.0. The maximum absolute atomic E-state index is 5.71.